The van der Waals surface area contributed by atoms with Crippen molar-refractivity contribution < 1.29 is 35.9 Å². The highest BCUT2D eigenvalue weighted by Gasteiger charge is 2.50. The van der Waals surface area contributed by atoms with Crippen molar-refractivity contribution in [1.29, 1.82) is 0 Å². The average molecular weight is 446 g/mol. The van der Waals surface area contributed by atoms with Crippen molar-refractivity contribution in [2.75, 3.05) is 0 Å². The number of amidine groups is 1. The molecular weight excluding hydrogens is 430 g/mol. The molecule has 166 valence electrons. The molecule has 0 spiro atoms. The van der Waals surface area contributed by atoms with E-state index in [4.69, 9.17) is 5.73 Å². The largest absolute Gasteiger partial charge is 0.452 e. The number of alkyl halides is 5. The van der Waals surface area contributed by atoms with Crippen LogP contribution in [0.2, 0.25) is 0 Å². The molecule has 0 saturated carbocycles. The van der Waals surface area contributed by atoms with E-state index in [-0.39, 0.29) is 23.2 Å². The van der Waals surface area contributed by atoms with Gasteiger partial charge in [0.15, 0.2) is 11.9 Å². The number of hydrogen-bond acceptors (Lipinski definition) is 6. The van der Waals surface area contributed by atoms with Crippen molar-refractivity contribution in [2.24, 2.45) is 10.7 Å². The first kappa shape index (κ1) is 22.5. The number of nitrogens with two attached hydrogens (primary N) is 1. The smallest absolute Gasteiger partial charge is 0.425 e. The Morgan fingerprint density at radius 3 is 2.58 bits per heavy atom. The summed E-state index contributed by atoms with van der Waals surface area (Å²) >= 11 is 0. The number of carbonyl (C=O) groups is 1. The van der Waals surface area contributed by atoms with Crippen LogP contribution < -0.4 is 5.73 Å². The summed E-state index contributed by atoms with van der Waals surface area (Å²) in [6.07, 6.45) is -9.22. The van der Waals surface area contributed by atoms with Crippen molar-refractivity contribution in [3.8, 4) is 0 Å². The van der Waals surface area contributed by atoms with E-state index in [1.54, 1.807) is 0 Å². The molecule has 2 atom stereocenters. The van der Waals surface area contributed by atoms with Crippen molar-refractivity contribution in [3.05, 3.63) is 58.9 Å². The molecule has 31 heavy (non-hydrogen) atoms. The predicted octanol–water partition coefficient (Wildman–Crippen LogP) is 3.86. The lowest BCUT2D eigenvalue weighted by molar-refractivity contribution is -0.208. The third-order valence-corrected chi connectivity index (χ3v) is 4.72. The van der Waals surface area contributed by atoms with E-state index in [1.165, 1.54) is 19.1 Å². The fourth-order valence-electron chi connectivity index (χ4n) is 3.18. The van der Waals surface area contributed by atoms with Crippen molar-refractivity contribution in [3.63, 3.8) is 0 Å². The second kappa shape index (κ2) is 8.16. The van der Waals surface area contributed by atoms with E-state index in [1.807, 2.05) is 0 Å². The molecule has 6 nitrogen and oxygen atoms in total. The Kier molecular flexibility index (Phi) is 5.92. The van der Waals surface area contributed by atoms with Crippen molar-refractivity contribution in [2.45, 2.75) is 44.0 Å². The Hall–Kier alpha value is -3.18. The van der Waals surface area contributed by atoms with Crippen LogP contribution in [0.3, 0.4) is 0 Å². The number of rotatable bonds is 5. The van der Waals surface area contributed by atoms with Crippen LogP contribution in [0.15, 0.2) is 35.6 Å². The van der Waals surface area contributed by atoms with Gasteiger partial charge in [0.05, 0.1) is 17.9 Å². The number of carbonyl (C=O) groups excluding carboxylic acids is 1. The Bertz CT molecular complexity index is 1010. The minimum atomic E-state index is -4.74. The van der Waals surface area contributed by atoms with E-state index in [0.717, 1.165) is 18.5 Å². The number of ketones is 1. The molecule has 0 fully saturated rings. The second-order valence-corrected chi connectivity index (χ2v) is 7.12. The maximum Gasteiger partial charge on any atom is 0.425 e. The number of nitrogens with zero attached hydrogens (tertiary/aromatic N) is 3. The van der Waals surface area contributed by atoms with Gasteiger partial charge in [-0.25, -0.2) is 23.1 Å². The lowest BCUT2D eigenvalue weighted by Gasteiger charge is -2.36. The first-order valence-corrected chi connectivity index (χ1v) is 8.90. The molecule has 2 N–H and O–H groups in total. The van der Waals surface area contributed by atoms with Crippen LogP contribution >= 0.6 is 0 Å². The van der Waals surface area contributed by atoms with Gasteiger partial charge in [0.1, 0.15) is 17.2 Å². The third-order valence-electron chi connectivity index (χ3n) is 4.72. The zero-order valence-electron chi connectivity index (χ0n) is 16.0. The van der Waals surface area contributed by atoms with Crippen molar-refractivity contribution in [1.82, 2.24) is 9.97 Å². The highest BCUT2D eigenvalue weighted by atomic mass is 19.4. The molecule has 12 heteroatoms. The van der Waals surface area contributed by atoms with Gasteiger partial charge in [0.25, 0.3) is 12.4 Å². The van der Waals surface area contributed by atoms with Gasteiger partial charge in [0.2, 0.25) is 0 Å². The standard InChI is InChI=1S/C19H16F6N4O2/c1-18(6-15(19(23,24)25)31-17(26)29-18)10-4-9(2-3-11(10)20)5-14(30)12-7-28-13(8-27-12)16(21)22/h2-4,7-8,15-16H,5-6H2,1H3,(H2,26,29)/t15-,18-/m0/s1. The first-order valence-electron chi connectivity index (χ1n) is 8.90. The van der Waals surface area contributed by atoms with E-state index < -0.39 is 54.0 Å². The lowest BCUT2D eigenvalue weighted by Crippen LogP contribution is -2.46. The molecule has 0 radical (unpaired) electrons. The molecule has 0 bridgehead atoms. The monoisotopic (exact) mass is 446 g/mol. The molecule has 0 saturated heterocycles. The highest BCUT2D eigenvalue weighted by Crippen LogP contribution is 2.41. The van der Waals surface area contributed by atoms with E-state index >= 15 is 0 Å². The topological polar surface area (TPSA) is 90.5 Å². The average Bonchev–Trinajstić information content (AvgIpc) is 2.68. The fourth-order valence-corrected chi connectivity index (χ4v) is 3.18. The molecule has 1 aromatic carbocycles. The van der Waals surface area contributed by atoms with Crippen LogP contribution in [0.1, 0.15) is 47.1 Å². The molecule has 1 aromatic heterocycles. The van der Waals surface area contributed by atoms with Gasteiger partial charge >= 0.3 is 6.18 Å². The zero-order valence-corrected chi connectivity index (χ0v) is 16.0. The van der Waals surface area contributed by atoms with Crippen LogP contribution in [-0.2, 0) is 16.7 Å². The number of Topliss-reactive ketones (excluding diaryl/α,β-unsaturated/α-hetero) is 1. The summed E-state index contributed by atoms with van der Waals surface area (Å²) in [7, 11) is 0. The van der Waals surface area contributed by atoms with Gasteiger partial charge in [-0.1, -0.05) is 6.07 Å². The minimum Gasteiger partial charge on any atom is -0.452 e. The van der Waals surface area contributed by atoms with Gasteiger partial charge in [-0.15, -0.1) is 0 Å². The maximum absolute atomic E-state index is 14.5. The number of aliphatic imine (C=N–C) groups is 1. The number of hydrogen-bond donors (Lipinski definition) is 1. The van der Waals surface area contributed by atoms with Crippen LogP contribution in [0.5, 0.6) is 0 Å². The number of halogens is 6. The van der Waals surface area contributed by atoms with E-state index in [2.05, 4.69) is 19.7 Å². The highest BCUT2D eigenvalue weighted by molar-refractivity contribution is 5.95. The number of aromatic nitrogens is 2. The second-order valence-electron chi connectivity index (χ2n) is 7.12. The van der Waals surface area contributed by atoms with Crippen LogP contribution in [0, 0.1) is 5.82 Å². The maximum atomic E-state index is 14.5. The Labute approximate surface area is 172 Å². The summed E-state index contributed by atoms with van der Waals surface area (Å²) in [5.41, 5.74) is 2.98. The Morgan fingerprint density at radius 2 is 2.00 bits per heavy atom. The van der Waals surface area contributed by atoms with Crippen LogP contribution in [-0.4, -0.2) is 34.1 Å². The van der Waals surface area contributed by atoms with E-state index in [0.29, 0.717) is 0 Å². The number of benzene rings is 1. The van der Waals surface area contributed by atoms with Gasteiger partial charge in [-0.3, -0.25) is 9.78 Å². The molecule has 2 aromatic rings. The van der Waals surface area contributed by atoms with Gasteiger partial charge in [0, 0.05) is 18.4 Å². The quantitative estimate of drug-likeness (QED) is 0.557. The summed E-state index contributed by atoms with van der Waals surface area (Å²) in [6, 6.07) is 2.75. The van der Waals surface area contributed by atoms with Crippen LogP contribution in [0.25, 0.3) is 0 Å². The molecule has 0 aliphatic carbocycles. The molecular formula is C19H16F6N4O2. The molecule has 1 aliphatic heterocycles. The summed E-state index contributed by atoms with van der Waals surface area (Å²) in [4.78, 5) is 23.3. The van der Waals surface area contributed by atoms with Crippen molar-refractivity contribution >= 4 is 11.8 Å². The molecule has 0 amide bonds. The Balaban J connectivity index is 1.88. The van der Waals surface area contributed by atoms with Gasteiger partial charge in [-0.2, -0.15) is 13.2 Å². The summed E-state index contributed by atoms with van der Waals surface area (Å²) in [5.74, 6) is -1.43. The zero-order chi connectivity index (χ0) is 23.0. The number of ether oxygens (including phenoxy) is 1. The van der Waals surface area contributed by atoms with Gasteiger partial charge < -0.3 is 10.5 Å². The molecule has 0 unspecified atom stereocenters. The third kappa shape index (κ3) is 4.94. The molecule has 3 rings (SSSR count). The van der Waals surface area contributed by atoms with Gasteiger partial charge in [-0.05, 0) is 24.6 Å². The minimum absolute atomic E-state index is 0.188. The molecule has 1 aliphatic rings. The SMILES string of the molecule is C[C@@]1(c2cc(CC(=O)c3cnc(C(F)F)cn3)ccc2F)C[C@@H](C(F)(F)F)OC(N)=N1. The lowest BCUT2D eigenvalue weighted by atomic mass is 9.84. The fraction of sp³-hybridized carbons (Fsp3) is 0.368. The van der Waals surface area contributed by atoms with E-state index in [9.17, 15) is 31.1 Å². The predicted molar refractivity (Wildman–Crippen MR) is 95.9 cm³/mol. The Morgan fingerprint density at radius 1 is 1.29 bits per heavy atom. The molecule has 2 heterocycles. The summed E-state index contributed by atoms with van der Waals surface area (Å²) < 4.78 is 83.6. The van der Waals surface area contributed by atoms with Crippen LogP contribution in [0.4, 0.5) is 26.3 Å². The normalized spacial score (nSPS) is 21.5. The first-order chi connectivity index (χ1) is 14.4. The summed E-state index contributed by atoms with van der Waals surface area (Å²) in [5, 5.41) is 0. The summed E-state index contributed by atoms with van der Waals surface area (Å²) in [6.45, 7) is 1.28.